The van der Waals surface area contributed by atoms with E-state index in [4.69, 9.17) is 9.47 Å². The molecule has 1 spiro atoms. The van der Waals surface area contributed by atoms with E-state index in [9.17, 15) is 24.3 Å². The summed E-state index contributed by atoms with van der Waals surface area (Å²) in [5.74, 6) is -3.06. The van der Waals surface area contributed by atoms with E-state index in [2.05, 4.69) is 12.2 Å². The van der Waals surface area contributed by atoms with E-state index in [1.165, 1.54) is 0 Å². The van der Waals surface area contributed by atoms with Gasteiger partial charge in [-0.05, 0) is 45.1 Å². The molecule has 250 valence electrons. The minimum atomic E-state index is -1.28. The average molecular weight is 636 g/mol. The number of carbonyl (C=O) groups is 4. The van der Waals surface area contributed by atoms with Crippen LogP contribution in [0.2, 0.25) is 0 Å². The highest BCUT2D eigenvalue weighted by Crippen LogP contribution is 2.56. The van der Waals surface area contributed by atoms with Crippen LogP contribution in [0.25, 0.3) is 0 Å². The largest absolute Gasteiger partial charge is 0.455 e. The number of nitrogens with one attached hydrogen (secondary N) is 1. The fraction of sp³-hybridized carbons (Fsp3) is 0.611. The number of fused-ring (bicyclic) bond motifs is 2. The highest BCUT2D eigenvalue weighted by atomic mass is 16.6. The van der Waals surface area contributed by atoms with Gasteiger partial charge in [-0.15, -0.1) is 0 Å². The number of unbranched alkanes of at least 4 members (excludes halogenated alkanes) is 3. The van der Waals surface area contributed by atoms with Gasteiger partial charge >= 0.3 is 5.97 Å². The fourth-order valence-corrected chi connectivity index (χ4v) is 7.65. The molecule has 1 aromatic rings. The molecular weight excluding hydrogens is 586 g/mol. The maximum Gasteiger partial charge on any atom is 0.313 e. The topological polar surface area (TPSA) is 125 Å². The molecular formula is C36H49N3O7. The van der Waals surface area contributed by atoms with Crippen LogP contribution in [-0.2, 0) is 28.7 Å². The zero-order valence-corrected chi connectivity index (χ0v) is 27.3. The van der Waals surface area contributed by atoms with Crippen LogP contribution in [0, 0.1) is 11.8 Å². The molecule has 1 aromatic carbocycles. The highest BCUT2D eigenvalue weighted by molar-refractivity contribution is 5.99. The number of cyclic esters (lactones) is 1. The molecule has 2 saturated heterocycles. The standard InChI is InChI=1S/C36H49N3O7/c1-4-15-24(2)38-21-13-8-11-18-28(41)37-25(3)31(26-16-9-7-10-17-26)45-35(44)29-27-19-20-36(46-27)30(29)33(42)39(32(36)34(38)43)22-12-5-6-14-23-40/h7-10,13,16-17,19-20,24-25,27,29-32,40H,4-6,11-12,14-15,18,21-23H2,1-3H3,(H,37,41)/b13-8-/t24?,25-,27+,29-,30-,31+,32+,36-/m1/s1. The van der Waals surface area contributed by atoms with Crippen molar-refractivity contribution in [3.05, 3.63) is 60.2 Å². The van der Waals surface area contributed by atoms with Gasteiger partial charge in [0.05, 0.1) is 18.1 Å². The quantitative estimate of drug-likeness (QED) is 0.227. The Labute approximate surface area is 272 Å². The SMILES string of the molecule is CCCC(C)N1C/C=C\CCC(=O)N[C@H](C)[C@@H](c2ccccc2)OC(=O)[C@@H]2[C@@H]3C=C[C@]4(O3)[C@H](C1=O)N(CCCCCCO)C(=O)[C@@H]24. The van der Waals surface area contributed by atoms with E-state index in [0.717, 1.165) is 31.2 Å². The van der Waals surface area contributed by atoms with E-state index < -0.39 is 47.7 Å². The molecule has 4 heterocycles. The number of likely N-dealkylation sites (tertiary alicyclic amines) is 1. The van der Waals surface area contributed by atoms with E-state index in [0.29, 0.717) is 32.4 Å². The Kier molecular flexibility index (Phi) is 11.0. The molecule has 2 N–H and O–H groups in total. The van der Waals surface area contributed by atoms with Gasteiger partial charge < -0.3 is 29.7 Å². The number of hydrogen-bond acceptors (Lipinski definition) is 7. The van der Waals surface area contributed by atoms with Gasteiger partial charge in [0.2, 0.25) is 17.7 Å². The minimum Gasteiger partial charge on any atom is -0.455 e. The zero-order chi connectivity index (χ0) is 32.8. The van der Waals surface area contributed by atoms with Crippen molar-refractivity contribution in [2.45, 2.75) is 108 Å². The number of allylic oxidation sites excluding steroid dienone is 1. The molecule has 10 nitrogen and oxygen atoms in total. The van der Waals surface area contributed by atoms with Crippen LogP contribution in [0.5, 0.6) is 0 Å². The average Bonchev–Trinajstić information content (AvgIpc) is 3.68. The van der Waals surface area contributed by atoms with Crippen LogP contribution in [0.15, 0.2) is 54.6 Å². The van der Waals surface area contributed by atoms with Crippen molar-refractivity contribution in [3.63, 3.8) is 0 Å². The number of rotatable bonds is 10. The summed E-state index contributed by atoms with van der Waals surface area (Å²) < 4.78 is 12.8. The van der Waals surface area contributed by atoms with Crippen molar-refractivity contribution >= 4 is 23.7 Å². The lowest BCUT2D eigenvalue weighted by atomic mass is 9.74. The number of hydrogen-bond donors (Lipinski definition) is 2. The monoisotopic (exact) mass is 635 g/mol. The summed E-state index contributed by atoms with van der Waals surface area (Å²) in [6.07, 6.45) is 11.4. The molecule has 2 fully saturated rings. The van der Waals surface area contributed by atoms with Crippen molar-refractivity contribution in [1.82, 2.24) is 15.1 Å². The van der Waals surface area contributed by atoms with E-state index in [-0.39, 0.29) is 36.8 Å². The number of amides is 3. The maximum atomic E-state index is 14.7. The third kappa shape index (κ3) is 6.65. The summed E-state index contributed by atoms with van der Waals surface area (Å²) in [5, 5.41) is 12.2. The van der Waals surface area contributed by atoms with Gasteiger partial charge in [0.15, 0.2) is 0 Å². The summed E-state index contributed by atoms with van der Waals surface area (Å²) in [4.78, 5) is 59.7. The number of aliphatic hydroxyl groups excluding tert-OH is 1. The van der Waals surface area contributed by atoms with Crippen LogP contribution in [0.1, 0.15) is 83.8 Å². The van der Waals surface area contributed by atoms with Gasteiger partial charge in [-0.2, -0.15) is 0 Å². The summed E-state index contributed by atoms with van der Waals surface area (Å²) in [5.41, 5.74) is -0.552. The van der Waals surface area contributed by atoms with Crippen molar-refractivity contribution < 1.29 is 33.8 Å². The van der Waals surface area contributed by atoms with Crippen molar-refractivity contribution in [3.8, 4) is 0 Å². The van der Waals surface area contributed by atoms with Crippen LogP contribution in [-0.4, -0.2) is 88.1 Å². The lowest BCUT2D eigenvalue weighted by Gasteiger charge is -2.38. The van der Waals surface area contributed by atoms with Crippen molar-refractivity contribution in [2.75, 3.05) is 19.7 Å². The molecule has 4 aliphatic rings. The molecule has 8 atom stereocenters. The van der Waals surface area contributed by atoms with Gasteiger partial charge in [-0.3, -0.25) is 19.2 Å². The molecule has 0 aromatic heterocycles. The zero-order valence-electron chi connectivity index (χ0n) is 27.3. The summed E-state index contributed by atoms with van der Waals surface area (Å²) >= 11 is 0. The second kappa shape index (κ2) is 14.9. The van der Waals surface area contributed by atoms with Crippen molar-refractivity contribution in [1.29, 1.82) is 0 Å². The Balaban J connectivity index is 1.54. The molecule has 4 aliphatic heterocycles. The highest BCUT2D eigenvalue weighted by Gasteiger charge is 2.73. The van der Waals surface area contributed by atoms with Gasteiger partial charge in [0, 0.05) is 32.2 Å². The number of nitrogens with zero attached hydrogens (tertiary/aromatic N) is 2. The molecule has 46 heavy (non-hydrogen) atoms. The second-order valence-electron chi connectivity index (χ2n) is 13.1. The van der Waals surface area contributed by atoms with Crippen LogP contribution < -0.4 is 5.32 Å². The molecule has 1 unspecified atom stereocenters. The van der Waals surface area contributed by atoms with Crippen LogP contribution in [0.3, 0.4) is 0 Å². The molecule has 10 heteroatoms. The minimum absolute atomic E-state index is 0.0969. The molecule has 3 amide bonds. The van der Waals surface area contributed by atoms with E-state index >= 15 is 0 Å². The third-order valence-electron chi connectivity index (χ3n) is 9.93. The molecule has 0 saturated carbocycles. The van der Waals surface area contributed by atoms with E-state index in [1.807, 2.05) is 67.3 Å². The Hall–Kier alpha value is -3.50. The Bertz CT molecular complexity index is 1320. The summed E-state index contributed by atoms with van der Waals surface area (Å²) in [7, 11) is 0. The number of carbonyl (C=O) groups excluding carboxylic acids is 4. The van der Waals surface area contributed by atoms with Crippen molar-refractivity contribution in [2.24, 2.45) is 11.8 Å². The molecule has 5 rings (SSSR count). The lowest BCUT2D eigenvalue weighted by Crippen LogP contribution is -2.57. The van der Waals surface area contributed by atoms with Crippen LogP contribution >= 0.6 is 0 Å². The van der Waals surface area contributed by atoms with E-state index in [1.54, 1.807) is 11.0 Å². The first-order chi connectivity index (χ1) is 22.2. The first kappa shape index (κ1) is 33.9. The fourth-order valence-electron chi connectivity index (χ4n) is 7.65. The number of ether oxygens (including phenoxy) is 2. The van der Waals surface area contributed by atoms with Gasteiger partial charge in [-0.25, -0.2) is 0 Å². The van der Waals surface area contributed by atoms with Gasteiger partial charge in [0.1, 0.15) is 23.7 Å². The number of esters is 1. The molecule has 0 radical (unpaired) electrons. The lowest BCUT2D eigenvalue weighted by molar-refractivity contribution is -0.161. The van der Waals surface area contributed by atoms with Gasteiger partial charge in [-0.1, -0.05) is 80.8 Å². The molecule has 0 aliphatic carbocycles. The Morgan fingerprint density at radius 1 is 1.04 bits per heavy atom. The third-order valence-corrected chi connectivity index (χ3v) is 9.93. The molecule has 5 bridgehead atoms. The Morgan fingerprint density at radius 3 is 2.54 bits per heavy atom. The first-order valence-electron chi connectivity index (χ1n) is 17.0. The first-order valence-corrected chi connectivity index (χ1v) is 17.0. The van der Waals surface area contributed by atoms with Gasteiger partial charge in [0.25, 0.3) is 0 Å². The number of benzene rings is 1. The smallest absolute Gasteiger partial charge is 0.313 e. The predicted octanol–water partition coefficient (Wildman–Crippen LogP) is 3.85. The van der Waals surface area contributed by atoms with Crippen LogP contribution in [0.4, 0.5) is 0 Å². The number of aliphatic hydroxyl groups is 1. The predicted molar refractivity (Wildman–Crippen MR) is 172 cm³/mol. The Morgan fingerprint density at radius 2 is 1.80 bits per heavy atom. The summed E-state index contributed by atoms with van der Waals surface area (Å²) in [6, 6.07) is 7.73. The maximum absolute atomic E-state index is 14.7. The summed E-state index contributed by atoms with van der Waals surface area (Å²) in [6.45, 7) is 6.71. The second-order valence-corrected chi connectivity index (χ2v) is 13.1. The normalized spacial score (nSPS) is 32.8.